The third kappa shape index (κ3) is 3.99. The van der Waals surface area contributed by atoms with Crippen molar-refractivity contribution in [3.05, 3.63) is 0 Å². The van der Waals surface area contributed by atoms with E-state index in [9.17, 15) is 0 Å². The molecule has 4 rings (SSSR count). The minimum atomic E-state index is 0.0734. The smallest absolute Gasteiger partial charge is 0.104 e. The van der Waals surface area contributed by atoms with Crippen molar-refractivity contribution in [1.29, 1.82) is 0 Å². The van der Waals surface area contributed by atoms with E-state index < -0.39 is 0 Å². The number of hydrogen-bond donors (Lipinski definition) is 0. The van der Waals surface area contributed by atoms with Gasteiger partial charge in [-0.25, -0.2) is 0 Å². The molecule has 0 N–H and O–H groups in total. The monoisotopic (exact) mass is 314 g/mol. The Morgan fingerprint density at radius 3 is 1.91 bits per heavy atom. The minimum Gasteiger partial charge on any atom is -0.376 e. The van der Waals surface area contributed by atoms with Crippen LogP contribution in [-0.2, 0) is 28.4 Å². The summed E-state index contributed by atoms with van der Waals surface area (Å²) < 4.78 is 34.4. The lowest BCUT2D eigenvalue weighted by Crippen LogP contribution is -2.51. The van der Waals surface area contributed by atoms with Gasteiger partial charge in [0.25, 0.3) is 0 Å². The summed E-state index contributed by atoms with van der Waals surface area (Å²) in [5.41, 5.74) is 0. The van der Waals surface area contributed by atoms with Crippen LogP contribution >= 0.6 is 0 Å². The van der Waals surface area contributed by atoms with Crippen molar-refractivity contribution in [2.24, 2.45) is 5.92 Å². The molecule has 0 radical (unpaired) electrons. The van der Waals surface area contributed by atoms with Crippen LogP contribution in [0.3, 0.4) is 0 Å². The molecule has 4 fully saturated rings. The first kappa shape index (κ1) is 15.3. The largest absolute Gasteiger partial charge is 0.376 e. The van der Waals surface area contributed by atoms with E-state index in [1.807, 2.05) is 0 Å². The van der Waals surface area contributed by atoms with Gasteiger partial charge in [0.1, 0.15) is 12.2 Å². The molecule has 0 amide bonds. The Hall–Kier alpha value is -0.240. The van der Waals surface area contributed by atoms with Crippen molar-refractivity contribution < 1.29 is 28.4 Å². The molecule has 3 heterocycles. The average Bonchev–Trinajstić information content (AvgIpc) is 3.47. The minimum absolute atomic E-state index is 0.0734. The molecule has 5 unspecified atom stereocenters. The van der Waals surface area contributed by atoms with Crippen molar-refractivity contribution in [1.82, 2.24) is 0 Å². The number of hydrogen-bond acceptors (Lipinski definition) is 6. The first-order chi connectivity index (χ1) is 10.9. The molecule has 0 aromatic heterocycles. The summed E-state index contributed by atoms with van der Waals surface area (Å²) in [4.78, 5) is 0. The fourth-order valence-electron chi connectivity index (χ4n) is 3.53. The predicted octanol–water partition coefficient (Wildman–Crippen LogP) is 0.770. The van der Waals surface area contributed by atoms with Crippen LogP contribution in [0.4, 0.5) is 0 Å². The molecule has 0 bridgehead atoms. The summed E-state index contributed by atoms with van der Waals surface area (Å²) in [6, 6.07) is 0. The molecular weight excluding hydrogens is 288 g/mol. The van der Waals surface area contributed by atoms with Gasteiger partial charge in [0.15, 0.2) is 0 Å². The third-order valence-corrected chi connectivity index (χ3v) is 4.90. The van der Waals surface area contributed by atoms with Gasteiger partial charge in [0.2, 0.25) is 0 Å². The molecule has 22 heavy (non-hydrogen) atoms. The zero-order valence-electron chi connectivity index (χ0n) is 13.0. The Bertz CT molecular complexity index is 327. The first-order valence-corrected chi connectivity index (χ1v) is 8.56. The topological polar surface area (TPSA) is 62.0 Å². The highest BCUT2D eigenvalue weighted by atomic mass is 16.6. The maximum absolute atomic E-state index is 6.15. The highest BCUT2D eigenvalue weighted by molar-refractivity contribution is 4.91. The van der Waals surface area contributed by atoms with Gasteiger partial charge < -0.3 is 28.4 Å². The Labute approximate surface area is 131 Å². The molecule has 0 spiro atoms. The molecule has 3 saturated heterocycles. The zero-order chi connectivity index (χ0) is 14.8. The maximum atomic E-state index is 6.15. The molecule has 126 valence electrons. The van der Waals surface area contributed by atoms with Gasteiger partial charge in [0.05, 0.1) is 64.6 Å². The molecule has 4 aliphatic rings. The van der Waals surface area contributed by atoms with Gasteiger partial charge in [-0.2, -0.15) is 0 Å². The van der Waals surface area contributed by atoms with Gasteiger partial charge in [0, 0.05) is 5.92 Å². The zero-order valence-corrected chi connectivity index (χ0v) is 13.0. The maximum Gasteiger partial charge on any atom is 0.104 e. The third-order valence-electron chi connectivity index (χ3n) is 4.90. The fraction of sp³-hybridized carbons (Fsp3) is 1.00. The second-order valence-corrected chi connectivity index (χ2v) is 6.65. The second kappa shape index (κ2) is 7.11. The fourth-order valence-corrected chi connectivity index (χ4v) is 3.53. The summed E-state index contributed by atoms with van der Waals surface area (Å²) in [5, 5.41) is 0. The summed E-state index contributed by atoms with van der Waals surface area (Å²) in [7, 11) is 0. The van der Waals surface area contributed by atoms with E-state index in [1.54, 1.807) is 0 Å². The van der Waals surface area contributed by atoms with Gasteiger partial charge in [-0.3, -0.25) is 0 Å². The molecule has 6 heteroatoms. The molecular formula is C16H26O6. The lowest BCUT2D eigenvalue weighted by atomic mass is 9.80. The van der Waals surface area contributed by atoms with Crippen LogP contribution in [0.1, 0.15) is 19.3 Å². The Morgan fingerprint density at radius 1 is 0.773 bits per heavy atom. The number of ether oxygens (including phenoxy) is 6. The molecule has 1 saturated carbocycles. The summed E-state index contributed by atoms with van der Waals surface area (Å²) >= 11 is 0. The molecule has 3 aliphatic heterocycles. The van der Waals surface area contributed by atoms with E-state index >= 15 is 0 Å². The number of epoxide rings is 2. The Morgan fingerprint density at radius 2 is 1.41 bits per heavy atom. The van der Waals surface area contributed by atoms with Crippen molar-refractivity contribution >= 4 is 0 Å². The molecule has 0 aromatic rings. The van der Waals surface area contributed by atoms with E-state index in [0.717, 1.165) is 32.5 Å². The van der Waals surface area contributed by atoms with Gasteiger partial charge in [-0.05, 0) is 19.3 Å². The lowest BCUT2D eigenvalue weighted by molar-refractivity contribution is -0.184. The van der Waals surface area contributed by atoms with E-state index in [-0.39, 0.29) is 24.2 Å². The first-order valence-electron chi connectivity index (χ1n) is 8.56. The van der Waals surface area contributed by atoms with Crippen LogP contribution in [0, 0.1) is 5.92 Å². The quantitative estimate of drug-likeness (QED) is 0.647. The summed E-state index contributed by atoms with van der Waals surface area (Å²) in [5.74, 6) is 0.242. The highest BCUT2D eigenvalue weighted by Crippen LogP contribution is 2.35. The molecule has 1 aliphatic carbocycles. The number of rotatable bonds is 7. The average molecular weight is 314 g/mol. The van der Waals surface area contributed by atoms with Crippen LogP contribution in [0.2, 0.25) is 0 Å². The van der Waals surface area contributed by atoms with Crippen LogP contribution in [-0.4, -0.2) is 76.8 Å². The standard InChI is InChI=1S/C16H26O6/c1-2-13(21-8-11-6-19-11)16(15-10-17-4-5-18-15)14(3-1)22-9-12-7-20-12/h11-16H,1-10H2. The van der Waals surface area contributed by atoms with Crippen LogP contribution in [0.25, 0.3) is 0 Å². The summed E-state index contributed by atoms with van der Waals surface area (Å²) in [6.07, 6.45) is 4.29. The predicted molar refractivity (Wildman–Crippen MR) is 76.9 cm³/mol. The van der Waals surface area contributed by atoms with Gasteiger partial charge in [-0.15, -0.1) is 0 Å². The van der Waals surface area contributed by atoms with Crippen molar-refractivity contribution in [2.75, 3.05) is 46.2 Å². The van der Waals surface area contributed by atoms with Crippen LogP contribution in [0.15, 0.2) is 0 Å². The van der Waals surface area contributed by atoms with Crippen LogP contribution < -0.4 is 0 Å². The van der Waals surface area contributed by atoms with E-state index in [1.165, 1.54) is 0 Å². The Balaban J connectivity index is 1.39. The molecule has 5 atom stereocenters. The van der Waals surface area contributed by atoms with Crippen molar-refractivity contribution in [3.8, 4) is 0 Å². The van der Waals surface area contributed by atoms with Crippen LogP contribution in [0.5, 0.6) is 0 Å². The SMILES string of the molecule is C1CC(OCC2CO2)C(C2COCCO2)C(OCC2CO2)C1. The van der Waals surface area contributed by atoms with Crippen molar-refractivity contribution in [2.45, 2.75) is 49.8 Å². The highest BCUT2D eigenvalue weighted by Gasteiger charge is 2.43. The van der Waals surface area contributed by atoms with E-state index in [0.29, 0.717) is 45.2 Å². The van der Waals surface area contributed by atoms with Gasteiger partial charge in [-0.1, -0.05) is 0 Å². The van der Waals surface area contributed by atoms with Crippen molar-refractivity contribution in [3.63, 3.8) is 0 Å². The summed E-state index contributed by atoms with van der Waals surface area (Å²) in [6.45, 7) is 5.04. The van der Waals surface area contributed by atoms with E-state index in [2.05, 4.69) is 0 Å². The van der Waals surface area contributed by atoms with Gasteiger partial charge >= 0.3 is 0 Å². The normalized spacial score (nSPS) is 44.7. The molecule has 0 aromatic carbocycles. The molecule has 6 nitrogen and oxygen atoms in total. The lowest BCUT2D eigenvalue weighted by Gasteiger charge is -2.42. The van der Waals surface area contributed by atoms with E-state index in [4.69, 9.17) is 28.4 Å². The second-order valence-electron chi connectivity index (χ2n) is 6.65. The Kier molecular flexibility index (Phi) is 4.95.